The third-order valence-electron chi connectivity index (χ3n) is 3.31. The van der Waals surface area contributed by atoms with E-state index in [4.69, 9.17) is 16.7 Å². The Morgan fingerprint density at radius 3 is 2.71 bits per heavy atom. The van der Waals surface area contributed by atoms with E-state index in [0.717, 1.165) is 5.52 Å². The number of carboxylic acids is 1. The molecule has 0 spiro atoms. The van der Waals surface area contributed by atoms with Crippen LogP contribution in [0.5, 0.6) is 0 Å². The van der Waals surface area contributed by atoms with Gasteiger partial charge in [0.05, 0.1) is 21.6 Å². The number of aromatic nitrogens is 2. The first-order valence-electron chi connectivity index (χ1n) is 6.12. The summed E-state index contributed by atoms with van der Waals surface area (Å²) in [7, 11) is 1.79. The summed E-state index contributed by atoms with van der Waals surface area (Å²) in [6.45, 7) is 0. The van der Waals surface area contributed by atoms with Crippen molar-refractivity contribution >= 4 is 28.6 Å². The molecule has 1 N–H and O–H groups in total. The molecule has 0 aliphatic carbocycles. The number of nitrogens with zero attached hydrogens (tertiary/aromatic N) is 2. The summed E-state index contributed by atoms with van der Waals surface area (Å²) in [6.07, 6.45) is 0. The average molecular weight is 305 g/mol. The van der Waals surface area contributed by atoms with E-state index in [9.17, 15) is 9.18 Å². The first-order chi connectivity index (χ1) is 9.97. The second-order valence-electron chi connectivity index (χ2n) is 4.63. The van der Waals surface area contributed by atoms with Gasteiger partial charge in [-0.15, -0.1) is 0 Å². The molecule has 3 aromatic rings. The highest BCUT2D eigenvalue weighted by Gasteiger charge is 2.13. The number of halogens is 2. The largest absolute Gasteiger partial charge is 0.478 e. The van der Waals surface area contributed by atoms with Crippen LogP contribution in [0.4, 0.5) is 4.39 Å². The zero-order chi connectivity index (χ0) is 15.1. The number of aryl methyl sites for hydroxylation is 1. The smallest absolute Gasteiger partial charge is 0.335 e. The number of carboxylic acid groups (broad SMARTS) is 1. The van der Waals surface area contributed by atoms with Crippen LogP contribution in [0.15, 0.2) is 36.4 Å². The van der Waals surface area contributed by atoms with E-state index in [-0.39, 0.29) is 10.6 Å². The van der Waals surface area contributed by atoms with Crippen LogP contribution in [0.2, 0.25) is 5.02 Å². The SMILES string of the molecule is Cn1c(-c2ccc(Cl)c(F)c2)nc2cc(C(=O)O)ccc21. The lowest BCUT2D eigenvalue weighted by atomic mass is 10.2. The molecule has 0 atom stereocenters. The molecule has 0 unspecified atom stereocenters. The predicted octanol–water partition coefficient (Wildman–Crippen LogP) is 3.73. The molecule has 2 aromatic carbocycles. The van der Waals surface area contributed by atoms with Gasteiger partial charge in [0.1, 0.15) is 11.6 Å². The van der Waals surface area contributed by atoms with Crippen LogP contribution in [0.25, 0.3) is 22.4 Å². The highest BCUT2D eigenvalue weighted by Crippen LogP contribution is 2.27. The Morgan fingerprint density at radius 1 is 1.29 bits per heavy atom. The number of fused-ring (bicyclic) bond motifs is 1. The van der Waals surface area contributed by atoms with Crippen molar-refractivity contribution in [3.05, 3.63) is 52.8 Å². The highest BCUT2D eigenvalue weighted by atomic mass is 35.5. The Hall–Kier alpha value is -2.40. The van der Waals surface area contributed by atoms with E-state index in [1.165, 1.54) is 24.3 Å². The van der Waals surface area contributed by atoms with Crippen molar-refractivity contribution < 1.29 is 14.3 Å². The lowest BCUT2D eigenvalue weighted by Crippen LogP contribution is -1.96. The zero-order valence-corrected chi connectivity index (χ0v) is 11.7. The maximum atomic E-state index is 13.6. The Labute approximate surface area is 124 Å². The van der Waals surface area contributed by atoms with Gasteiger partial charge in [0.15, 0.2) is 0 Å². The van der Waals surface area contributed by atoms with Gasteiger partial charge < -0.3 is 9.67 Å². The molecule has 0 saturated carbocycles. The van der Waals surface area contributed by atoms with Crippen LogP contribution in [0.1, 0.15) is 10.4 Å². The van der Waals surface area contributed by atoms with Crippen LogP contribution in [0.3, 0.4) is 0 Å². The average Bonchev–Trinajstić information content (AvgIpc) is 2.78. The minimum atomic E-state index is -1.01. The first-order valence-corrected chi connectivity index (χ1v) is 6.50. The summed E-state index contributed by atoms with van der Waals surface area (Å²) in [4.78, 5) is 15.4. The molecule has 0 fully saturated rings. The second kappa shape index (κ2) is 4.86. The van der Waals surface area contributed by atoms with Gasteiger partial charge in [0.25, 0.3) is 0 Å². The fraction of sp³-hybridized carbons (Fsp3) is 0.0667. The maximum Gasteiger partial charge on any atom is 0.335 e. The monoisotopic (exact) mass is 304 g/mol. The molecular weight excluding hydrogens is 295 g/mol. The molecule has 106 valence electrons. The fourth-order valence-corrected chi connectivity index (χ4v) is 2.34. The van der Waals surface area contributed by atoms with Crippen molar-refractivity contribution in [3.63, 3.8) is 0 Å². The van der Waals surface area contributed by atoms with E-state index < -0.39 is 11.8 Å². The number of aromatic carboxylic acids is 1. The van der Waals surface area contributed by atoms with Gasteiger partial charge in [-0.05, 0) is 36.4 Å². The standard InChI is InChI=1S/C15H10ClFN2O2/c1-19-13-5-3-9(15(20)21)7-12(13)18-14(19)8-2-4-10(16)11(17)6-8/h2-7H,1H3,(H,20,21). The van der Waals surface area contributed by atoms with Gasteiger partial charge in [0, 0.05) is 12.6 Å². The van der Waals surface area contributed by atoms with Crippen LogP contribution in [0, 0.1) is 5.82 Å². The van der Waals surface area contributed by atoms with Crippen molar-refractivity contribution in [2.45, 2.75) is 0 Å². The van der Waals surface area contributed by atoms with Crippen molar-refractivity contribution in [3.8, 4) is 11.4 Å². The van der Waals surface area contributed by atoms with Crippen molar-refractivity contribution in [1.82, 2.24) is 9.55 Å². The van der Waals surface area contributed by atoms with Crippen LogP contribution < -0.4 is 0 Å². The van der Waals surface area contributed by atoms with E-state index in [0.29, 0.717) is 16.9 Å². The number of benzene rings is 2. The fourth-order valence-electron chi connectivity index (χ4n) is 2.23. The third-order valence-corrected chi connectivity index (χ3v) is 3.61. The third kappa shape index (κ3) is 2.25. The molecule has 0 aliphatic rings. The van der Waals surface area contributed by atoms with Gasteiger partial charge in [-0.25, -0.2) is 14.2 Å². The predicted molar refractivity (Wildman–Crippen MR) is 78.1 cm³/mol. The number of imidazole rings is 1. The highest BCUT2D eigenvalue weighted by molar-refractivity contribution is 6.30. The molecule has 0 aliphatic heterocycles. The number of hydrogen-bond donors (Lipinski definition) is 1. The van der Waals surface area contributed by atoms with Crippen molar-refractivity contribution in [1.29, 1.82) is 0 Å². The summed E-state index contributed by atoms with van der Waals surface area (Å²) >= 11 is 5.67. The Kier molecular flexibility index (Phi) is 3.14. The van der Waals surface area contributed by atoms with Crippen molar-refractivity contribution in [2.24, 2.45) is 7.05 Å². The van der Waals surface area contributed by atoms with Gasteiger partial charge >= 0.3 is 5.97 Å². The molecule has 0 bridgehead atoms. The van der Waals surface area contributed by atoms with Crippen LogP contribution >= 0.6 is 11.6 Å². The molecule has 4 nitrogen and oxygen atoms in total. The quantitative estimate of drug-likeness (QED) is 0.785. The van der Waals surface area contributed by atoms with Crippen molar-refractivity contribution in [2.75, 3.05) is 0 Å². The summed E-state index contributed by atoms with van der Waals surface area (Å²) in [6, 6.07) is 9.13. The van der Waals surface area contributed by atoms with Gasteiger partial charge in [-0.1, -0.05) is 11.6 Å². The van der Waals surface area contributed by atoms with Crippen LogP contribution in [-0.4, -0.2) is 20.6 Å². The Balaban J connectivity index is 2.21. The minimum absolute atomic E-state index is 0.0469. The molecule has 0 radical (unpaired) electrons. The molecule has 3 rings (SSSR count). The van der Waals surface area contributed by atoms with Gasteiger partial charge in [-0.3, -0.25) is 0 Å². The Bertz CT molecular complexity index is 873. The molecule has 0 saturated heterocycles. The molecule has 0 amide bonds. The van der Waals surface area contributed by atoms with E-state index in [2.05, 4.69) is 4.98 Å². The molecule has 6 heteroatoms. The van der Waals surface area contributed by atoms with Gasteiger partial charge in [0.2, 0.25) is 0 Å². The van der Waals surface area contributed by atoms with Gasteiger partial charge in [-0.2, -0.15) is 0 Å². The lowest BCUT2D eigenvalue weighted by Gasteiger charge is -2.03. The molecule has 1 heterocycles. The molecule has 21 heavy (non-hydrogen) atoms. The summed E-state index contributed by atoms with van der Waals surface area (Å²) in [5.41, 5.74) is 2.05. The Morgan fingerprint density at radius 2 is 2.05 bits per heavy atom. The summed E-state index contributed by atoms with van der Waals surface area (Å²) in [5, 5.41) is 9.05. The number of hydrogen-bond acceptors (Lipinski definition) is 2. The number of rotatable bonds is 2. The number of carbonyl (C=O) groups is 1. The molecule has 1 aromatic heterocycles. The zero-order valence-electron chi connectivity index (χ0n) is 11.0. The summed E-state index contributed by atoms with van der Waals surface area (Å²) in [5.74, 6) is -0.989. The second-order valence-corrected chi connectivity index (χ2v) is 5.04. The van der Waals surface area contributed by atoms with E-state index >= 15 is 0 Å². The van der Waals surface area contributed by atoms with Crippen LogP contribution in [-0.2, 0) is 7.05 Å². The first kappa shape index (κ1) is 13.6. The summed E-state index contributed by atoms with van der Waals surface area (Å²) < 4.78 is 15.4. The topological polar surface area (TPSA) is 55.1 Å². The van der Waals surface area contributed by atoms with E-state index in [1.54, 1.807) is 23.7 Å². The maximum absolute atomic E-state index is 13.6. The van der Waals surface area contributed by atoms with E-state index in [1.807, 2.05) is 0 Å². The normalized spacial score (nSPS) is 11.0. The minimum Gasteiger partial charge on any atom is -0.478 e. The lowest BCUT2D eigenvalue weighted by molar-refractivity contribution is 0.0697. The molecular formula is C15H10ClFN2O2.